The number of thiazole rings is 1. The Kier molecular flexibility index (Phi) is 5.18. The number of nitrogens with zero attached hydrogens (tertiary/aromatic N) is 2. The monoisotopic (exact) mass is 379 g/mol. The van der Waals surface area contributed by atoms with Gasteiger partial charge in [-0.2, -0.15) is 0 Å². The first-order valence-electron chi connectivity index (χ1n) is 8.98. The van der Waals surface area contributed by atoms with Crippen molar-refractivity contribution in [2.75, 3.05) is 36.5 Å². The molecule has 0 radical (unpaired) electrons. The predicted octanol–water partition coefficient (Wildman–Crippen LogP) is 4.21. The molecule has 1 saturated heterocycles. The van der Waals surface area contributed by atoms with Crippen molar-refractivity contribution in [1.29, 1.82) is 0 Å². The van der Waals surface area contributed by atoms with Gasteiger partial charge in [0.15, 0.2) is 0 Å². The van der Waals surface area contributed by atoms with Gasteiger partial charge in [-0.15, -0.1) is 11.3 Å². The molecule has 0 spiro atoms. The minimum absolute atomic E-state index is 0.118. The van der Waals surface area contributed by atoms with Crippen LogP contribution in [0.3, 0.4) is 0 Å². The Bertz CT molecular complexity index is 934. The van der Waals surface area contributed by atoms with Crippen LogP contribution in [-0.4, -0.2) is 37.2 Å². The van der Waals surface area contributed by atoms with E-state index in [1.54, 1.807) is 0 Å². The zero-order chi connectivity index (χ0) is 18.6. The first kappa shape index (κ1) is 17.7. The molecule has 2 heterocycles. The lowest BCUT2D eigenvalue weighted by molar-refractivity contribution is 0.103. The Morgan fingerprint density at radius 3 is 2.56 bits per heavy atom. The third-order valence-electron chi connectivity index (χ3n) is 4.53. The molecule has 0 unspecified atom stereocenters. The summed E-state index contributed by atoms with van der Waals surface area (Å²) in [5.41, 5.74) is 3.62. The molecule has 138 valence electrons. The number of nitrogens with one attached hydrogen (secondary N) is 1. The minimum Gasteiger partial charge on any atom is -0.378 e. The number of rotatable bonds is 4. The molecule has 0 saturated carbocycles. The molecular formula is C21H21N3O2S. The quantitative estimate of drug-likeness (QED) is 0.738. The fourth-order valence-corrected chi connectivity index (χ4v) is 4.12. The van der Waals surface area contributed by atoms with Crippen molar-refractivity contribution in [2.45, 2.75) is 6.92 Å². The van der Waals surface area contributed by atoms with Crippen molar-refractivity contribution in [3.05, 3.63) is 65.2 Å². The van der Waals surface area contributed by atoms with Gasteiger partial charge >= 0.3 is 0 Å². The summed E-state index contributed by atoms with van der Waals surface area (Å²) in [6.45, 7) is 4.94. The van der Waals surface area contributed by atoms with Gasteiger partial charge < -0.3 is 15.0 Å². The van der Waals surface area contributed by atoms with Gasteiger partial charge in [0.25, 0.3) is 5.91 Å². The summed E-state index contributed by atoms with van der Waals surface area (Å²) >= 11 is 1.42. The molecule has 27 heavy (non-hydrogen) atoms. The fraction of sp³-hybridized carbons (Fsp3) is 0.238. The van der Waals surface area contributed by atoms with E-state index in [0.29, 0.717) is 18.1 Å². The number of para-hydroxylation sites is 2. The summed E-state index contributed by atoms with van der Waals surface area (Å²) in [5.74, 6) is -0.118. The SMILES string of the molecule is Cc1nc(-c2ccccc2)sc1C(=O)Nc1ccccc1N1CCOCC1. The number of carbonyl (C=O) groups is 1. The van der Waals surface area contributed by atoms with Crippen molar-refractivity contribution >= 4 is 28.6 Å². The lowest BCUT2D eigenvalue weighted by Crippen LogP contribution is -2.36. The van der Waals surface area contributed by atoms with E-state index in [-0.39, 0.29) is 5.91 Å². The highest BCUT2D eigenvalue weighted by molar-refractivity contribution is 7.17. The Labute approximate surface area is 162 Å². The highest BCUT2D eigenvalue weighted by Gasteiger charge is 2.19. The number of ether oxygens (including phenoxy) is 1. The molecule has 1 fully saturated rings. The first-order valence-corrected chi connectivity index (χ1v) is 9.80. The van der Waals surface area contributed by atoms with E-state index in [0.717, 1.165) is 40.7 Å². The maximum atomic E-state index is 12.9. The van der Waals surface area contributed by atoms with Crippen LogP contribution in [0.1, 0.15) is 15.4 Å². The van der Waals surface area contributed by atoms with Crippen molar-refractivity contribution in [3.63, 3.8) is 0 Å². The topological polar surface area (TPSA) is 54.5 Å². The normalized spacial score (nSPS) is 14.2. The van der Waals surface area contributed by atoms with Gasteiger partial charge in [0.05, 0.1) is 30.3 Å². The van der Waals surface area contributed by atoms with E-state index in [1.165, 1.54) is 11.3 Å². The van der Waals surface area contributed by atoms with Crippen LogP contribution in [0.4, 0.5) is 11.4 Å². The van der Waals surface area contributed by atoms with Crippen LogP contribution in [0, 0.1) is 6.92 Å². The number of amides is 1. The van der Waals surface area contributed by atoms with Crippen molar-refractivity contribution in [1.82, 2.24) is 4.98 Å². The van der Waals surface area contributed by atoms with Gasteiger partial charge in [-0.25, -0.2) is 4.98 Å². The number of aromatic nitrogens is 1. The van der Waals surface area contributed by atoms with Crippen LogP contribution in [0.15, 0.2) is 54.6 Å². The highest BCUT2D eigenvalue weighted by Crippen LogP contribution is 2.30. The molecule has 1 amide bonds. The average molecular weight is 379 g/mol. The zero-order valence-corrected chi connectivity index (χ0v) is 16.0. The maximum absolute atomic E-state index is 12.9. The standard InChI is InChI=1S/C21H21N3O2S/c1-15-19(27-21(22-15)16-7-3-2-4-8-16)20(25)23-17-9-5-6-10-18(17)24-11-13-26-14-12-24/h2-10H,11-14H2,1H3,(H,23,25). The molecule has 0 bridgehead atoms. The van der Waals surface area contributed by atoms with Crippen LogP contribution in [-0.2, 0) is 4.74 Å². The van der Waals surface area contributed by atoms with Crippen molar-refractivity contribution < 1.29 is 9.53 Å². The predicted molar refractivity (Wildman–Crippen MR) is 110 cm³/mol. The summed E-state index contributed by atoms with van der Waals surface area (Å²) in [6, 6.07) is 17.9. The number of benzene rings is 2. The van der Waals surface area contributed by atoms with Crippen molar-refractivity contribution in [3.8, 4) is 10.6 Å². The molecule has 3 aromatic rings. The Morgan fingerprint density at radius 1 is 1.07 bits per heavy atom. The van der Waals surface area contributed by atoms with E-state index < -0.39 is 0 Å². The molecule has 2 aromatic carbocycles. The zero-order valence-electron chi connectivity index (χ0n) is 15.1. The Hall–Kier alpha value is -2.70. The average Bonchev–Trinajstić information content (AvgIpc) is 3.12. The van der Waals surface area contributed by atoms with Gasteiger partial charge in [0.2, 0.25) is 0 Å². The van der Waals surface area contributed by atoms with Crippen LogP contribution in [0.2, 0.25) is 0 Å². The van der Waals surface area contributed by atoms with Gasteiger partial charge in [-0.1, -0.05) is 42.5 Å². The lowest BCUT2D eigenvalue weighted by atomic mass is 10.2. The second kappa shape index (κ2) is 7.90. The van der Waals surface area contributed by atoms with E-state index in [2.05, 4.69) is 15.2 Å². The number of anilines is 2. The van der Waals surface area contributed by atoms with E-state index >= 15 is 0 Å². The second-order valence-electron chi connectivity index (χ2n) is 6.37. The van der Waals surface area contributed by atoms with Gasteiger partial charge in [-0.05, 0) is 19.1 Å². The van der Waals surface area contributed by atoms with E-state index in [9.17, 15) is 4.79 Å². The largest absolute Gasteiger partial charge is 0.378 e. The molecule has 1 aromatic heterocycles. The van der Waals surface area contributed by atoms with E-state index in [4.69, 9.17) is 4.74 Å². The number of morpholine rings is 1. The summed E-state index contributed by atoms with van der Waals surface area (Å²) < 4.78 is 5.44. The van der Waals surface area contributed by atoms with Crippen LogP contribution < -0.4 is 10.2 Å². The molecule has 5 nitrogen and oxygen atoms in total. The molecule has 4 rings (SSSR count). The number of aryl methyl sites for hydroxylation is 1. The molecule has 6 heteroatoms. The second-order valence-corrected chi connectivity index (χ2v) is 7.37. The molecule has 1 N–H and O–H groups in total. The number of carbonyl (C=O) groups excluding carboxylic acids is 1. The third kappa shape index (κ3) is 3.86. The number of hydrogen-bond acceptors (Lipinski definition) is 5. The fourth-order valence-electron chi connectivity index (χ4n) is 3.15. The molecule has 0 aliphatic carbocycles. The molecule has 1 aliphatic heterocycles. The molecular weight excluding hydrogens is 358 g/mol. The van der Waals surface area contributed by atoms with Crippen LogP contribution in [0.5, 0.6) is 0 Å². The first-order chi connectivity index (χ1) is 13.2. The molecule has 1 aliphatic rings. The van der Waals surface area contributed by atoms with Gasteiger partial charge in [0.1, 0.15) is 9.88 Å². The minimum atomic E-state index is -0.118. The van der Waals surface area contributed by atoms with Crippen molar-refractivity contribution in [2.24, 2.45) is 0 Å². The molecule has 0 atom stereocenters. The summed E-state index contributed by atoms with van der Waals surface area (Å²) in [5, 5.41) is 3.94. The Morgan fingerprint density at radius 2 is 1.78 bits per heavy atom. The summed E-state index contributed by atoms with van der Waals surface area (Å²) in [6.07, 6.45) is 0. The van der Waals surface area contributed by atoms with Gasteiger partial charge in [0, 0.05) is 18.7 Å². The maximum Gasteiger partial charge on any atom is 0.267 e. The van der Waals surface area contributed by atoms with Crippen LogP contribution >= 0.6 is 11.3 Å². The lowest BCUT2D eigenvalue weighted by Gasteiger charge is -2.30. The highest BCUT2D eigenvalue weighted by atomic mass is 32.1. The smallest absolute Gasteiger partial charge is 0.267 e. The van der Waals surface area contributed by atoms with E-state index in [1.807, 2.05) is 61.5 Å². The Balaban J connectivity index is 1.58. The van der Waals surface area contributed by atoms with Gasteiger partial charge in [-0.3, -0.25) is 4.79 Å². The third-order valence-corrected chi connectivity index (χ3v) is 5.73. The number of hydrogen-bond donors (Lipinski definition) is 1. The van der Waals surface area contributed by atoms with Crippen LogP contribution in [0.25, 0.3) is 10.6 Å². The summed E-state index contributed by atoms with van der Waals surface area (Å²) in [4.78, 5) is 20.4. The summed E-state index contributed by atoms with van der Waals surface area (Å²) in [7, 11) is 0.